The predicted molar refractivity (Wildman–Crippen MR) is 207 cm³/mol. The molecule has 0 unspecified atom stereocenters. The van der Waals surface area contributed by atoms with Crippen molar-refractivity contribution in [2.75, 3.05) is 4.90 Å². The van der Waals surface area contributed by atoms with Gasteiger partial charge in [-0.3, -0.25) is 0 Å². The van der Waals surface area contributed by atoms with Crippen molar-refractivity contribution < 1.29 is 0 Å². The lowest BCUT2D eigenvalue weighted by molar-refractivity contribution is 1.17. The second-order valence-corrected chi connectivity index (χ2v) is 13.6. The lowest BCUT2D eigenvalue weighted by Crippen LogP contribution is -2.10. The number of anilines is 3. The average Bonchev–Trinajstić information content (AvgIpc) is 3.64. The molecule has 1 aliphatic rings. The molecule has 0 bridgehead atoms. The van der Waals surface area contributed by atoms with Crippen LogP contribution in [0.25, 0.3) is 76.7 Å². The van der Waals surface area contributed by atoms with Gasteiger partial charge in [-0.2, -0.15) is 0 Å². The fourth-order valence-electron chi connectivity index (χ4n) is 7.86. The first kappa shape index (κ1) is 27.2. The highest BCUT2D eigenvalue weighted by molar-refractivity contribution is 7.20. The van der Waals surface area contributed by atoms with Crippen LogP contribution in [0.1, 0.15) is 11.8 Å². The molecule has 0 saturated heterocycles. The molecule has 2 heterocycles. The van der Waals surface area contributed by atoms with E-state index in [-0.39, 0.29) is 0 Å². The third-order valence-electron chi connectivity index (χ3n) is 9.79. The molecule has 3 heteroatoms. The molecule has 2 aromatic heterocycles. The van der Waals surface area contributed by atoms with Gasteiger partial charge in [0.15, 0.2) is 0 Å². The van der Waals surface area contributed by atoms with E-state index in [1.807, 2.05) is 11.3 Å². The van der Waals surface area contributed by atoms with Crippen molar-refractivity contribution in [3.8, 4) is 27.9 Å². The molecular weight excluding hydrogens is 601 g/mol. The highest BCUT2D eigenvalue weighted by Crippen LogP contribution is 2.53. The number of nitrogens with zero attached hydrogens (tertiary/aromatic N) is 2. The molecule has 0 saturated carbocycles. The number of thiophene rings is 1. The first-order valence-corrected chi connectivity index (χ1v) is 17.3. The van der Waals surface area contributed by atoms with Crippen LogP contribution in [0.15, 0.2) is 158 Å². The molecule has 0 amide bonds. The summed E-state index contributed by atoms with van der Waals surface area (Å²) in [5.41, 5.74) is 12.2. The van der Waals surface area contributed by atoms with Crippen molar-refractivity contribution in [2.24, 2.45) is 0 Å². The van der Waals surface area contributed by atoms with E-state index in [0.29, 0.717) is 0 Å². The van der Waals surface area contributed by atoms with Gasteiger partial charge in [0.05, 0.1) is 11.0 Å². The molecule has 0 N–H and O–H groups in total. The van der Waals surface area contributed by atoms with E-state index < -0.39 is 0 Å². The number of hydrogen-bond donors (Lipinski definition) is 0. The van der Waals surface area contributed by atoms with Crippen LogP contribution in [0, 0.1) is 0 Å². The molecule has 2 nitrogen and oxygen atoms in total. The van der Waals surface area contributed by atoms with Gasteiger partial charge >= 0.3 is 0 Å². The Hall–Kier alpha value is -5.90. The monoisotopic (exact) mass is 630 g/mol. The molecule has 0 radical (unpaired) electrons. The maximum absolute atomic E-state index is 2.47. The van der Waals surface area contributed by atoms with Crippen LogP contribution in [0.2, 0.25) is 0 Å². The second-order valence-electron chi connectivity index (χ2n) is 12.5. The van der Waals surface area contributed by atoms with Crippen molar-refractivity contribution in [2.45, 2.75) is 6.92 Å². The van der Waals surface area contributed by atoms with E-state index in [9.17, 15) is 0 Å². The van der Waals surface area contributed by atoms with Gasteiger partial charge < -0.3 is 9.47 Å². The van der Waals surface area contributed by atoms with Crippen LogP contribution >= 0.6 is 11.3 Å². The summed E-state index contributed by atoms with van der Waals surface area (Å²) in [6, 6.07) is 55.5. The zero-order valence-electron chi connectivity index (χ0n) is 26.4. The zero-order chi connectivity index (χ0) is 31.8. The standard InChI is InChI=1S/C45H30N2S/c1-2-12-40-45-37-21-10-23-39-43(37)42-35(36-20-11-24-41(48-40)44(36)45)19-9-22-38(42)47(39)33-18-8-17-32(28-33)46(31-15-4-3-5-16-31)34-26-25-29-13-6-7-14-30(29)27-34/h2-28H,1H3/b12-2-. The maximum Gasteiger partial charge on any atom is 0.0547 e. The fourth-order valence-corrected chi connectivity index (χ4v) is 9.07. The molecule has 1 aliphatic carbocycles. The van der Waals surface area contributed by atoms with E-state index in [2.05, 4.69) is 180 Å². The number of rotatable bonds is 5. The highest BCUT2D eigenvalue weighted by atomic mass is 32.1. The Balaban J connectivity index is 1.24. The Morgan fingerprint density at radius 1 is 0.521 bits per heavy atom. The van der Waals surface area contributed by atoms with E-state index in [0.717, 1.165) is 22.7 Å². The summed E-state index contributed by atoms with van der Waals surface area (Å²) in [5.74, 6) is 0. The number of para-hydroxylation sites is 1. The normalized spacial score (nSPS) is 12.2. The molecule has 226 valence electrons. The number of aromatic nitrogens is 1. The van der Waals surface area contributed by atoms with Crippen LogP contribution in [-0.4, -0.2) is 4.57 Å². The minimum absolute atomic E-state index is 1.11. The van der Waals surface area contributed by atoms with Crippen molar-refractivity contribution in [1.82, 2.24) is 4.57 Å². The number of allylic oxidation sites excluding steroid dienone is 1. The van der Waals surface area contributed by atoms with E-state index in [1.54, 1.807) is 0 Å². The van der Waals surface area contributed by atoms with Crippen molar-refractivity contribution in [1.29, 1.82) is 0 Å². The van der Waals surface area contributed by atoms with Gasteiger partial charge in [-0.15, -0.1) is 11.3 Å². The van der Waals surface area contributed by atoms with Gasteiger partial charge in [-0.25, -0.2) is 0 Å². The predicted octanol–water partition coefficient (Wildman–Crippen LogP) is 13.3. The summed E-state index contributed by atoms with van der Waals surface area (Å²) in [6.45, 7) is 2.11. The molecule has 48 heavy (non-hydrogen) atoms. The number of benzene rings is 7. The maximum atomic E-state index is 2.47. The van der Waals surface area contributed by atoms with Crippen LogP contribution < -0.4 is 4.90 Å². The Morgan fingerprint density at radius 2 is 1.17 bits per heavy atom. The Labute approximate surface area is 283 Å². The Kier molecular flexibility index (Phi) is 5.99. The third-order valence-corrected chi connectivity index (χ3v) is 10.9. The summed E-state index contributed by atoms with van der Waals surface area (Å²) in [4.78, 5) is 3.68. The van der Waals surface area contributed by atoms with Crippen LogP contribution in [-0.2, 0) is 0 Å². The largest absolute Gasteiger partial charge is 0.310 e. The van der Waals surface area contributed by atoms with Crippen molar-refractivity contribution in [3.63, 3.8) is 0 Å². The minimum atomic E-state index is 1.11. The van der Waals surface area contributed by atoms with Gasteiger partial charge in [0.1, 0.15) is 0 Å². The molecule has 0 atom stereocenters. The lowest BCUT2D eigenvalue weighted by Gasteiger charge is -2.26. The third kappa shape index (κ3) is 3.92. The van der Waals surface area contributed by atoms with E-state index in [4.69, 9.17) is 0 Å². The zero-order valence-corrected chi connectivity index (χ0v) is 27.2. The summed E-state index contributed by atoms with van der Waals surface area (Å²) >= 11 is 1.89. The SMILES string of the molecule is C/C=C\c1sc2cccc3c2c1-c1cccc2c1c1c-3cccc1n2-c1cccc(N(c2ccccc2)c2ccc3ccccc3c2)c1. The number of hydrogen-bond acceptors (Lipinski definition) is 2. The fraction of sp³-hybridized carbons (Fsp3) is 0.0222. The molecule has 0 fully saturated rings. The van der Waals surface area contributed by atoms with Gasteiger partial charge in [-0.05, 0) is 101 Å². The van der Waals surface area contributed by atoms with Crippen molar-refractivity contribution in [3.05, 3.63) is 163 Å². The van der Waals surface area contributed by atoms with Gasteiger partial charge in [0, 0.05) is 54.0 Å². The molecule has 7 aromatic carbocycles. The van der Waals surface area contributed by atoms with E-state index >= 15 is 0 Å². The topological polar surface area (TPSA) is 8.17 Å². The Morgan fingerprint density at radius 3 is 1.98 bits per heavy atom. The number of fused-ring (bicyclic) bond motifs is 3. The summed E-state index contributed by atoms with van der Waals surface area (Å²) in [6.07, 6.45) is 4.45. The van der Waals surface area contributed by atoms with Crippen LogP contribution in [0.4, 0.5) is 17.1 Å². The van der Waals surface area contributed by atoms with Crippen molar-refractivity contribution >= 4 is 77.1 Å². The summed E-state index contributed by atoms with van der Waals surface area (Å²) < 4.78 is 3.81. The molecular formula is C45H30N2S. The first-order chi connectivity index (χ1) is 23.8. The molecule has 0 aliphatic heterocycles. The van der Waals surface area contributed by atoms with Crippen LogP contribution in [0.5, 0.6) is 0 Å². The molecule has 10 rings (SSSR count). The van der Waals surface area contributed by atoms with Gasteiger partial charge in [0.2, 0.25) is 0 Å². The van der Waals surface area contributed by atoms with Crippen LogP contribution in [0.3, 0.4) is 0 Å². The van der Waals surface area contributed by atoms with Gasteiger partial charge in [-0.1, -0.05) is 97.1 Å². The minimum Gasteiger partial charge on any atom is -0.310 e. The first-order valence-electron chi connectivity index (χ1n) is 16.5. The second kappa shape index (κ2) is 10.6. The quantitative estimate of drug-likeness (QED) is 0.184. The average molecular weight is 631 g/mol. The Bertz CT molecular complexity index is 2750. The molecule has 9 aromatic rings. The summed E-state index contributed by atoms with van der Waals surface area (Å²) in [7, 11) is 0. The summed E-state index contributed by atoms with van der Waals surface area (Å²) in [5, 5.41) is 6.48. The molecule has 0 spiro atoms. The van der Waals surface area contributed by atoms with Gasteiger partial charge in [0.25, 0.3) is 0 Å². The lowest BCUT2D eigenvalue weighted by atomic mass is 9.97. The highest BCUT2D eigenvalue weighted by Gasteiger charge is 2.27. The smallest absolute Gasteiger partial charge is 0.0547 e. The van der Waals surface area contributed by atoms with E-state index in [1.165, 1.54) is 69.8 Å².